The highest BCUT2D eigenvalue weighted by atomic mass is 16.4. The summed E-state index contributed by atoms with van der Waals surface area (Å²) in [5.41, 5.74) is 0. The Bertz CT molecular complexity index is 249. The number of piperazine rings is 1. The quantitative estimate of drug-likeness (QED) is 0.646. The minimum absolute atomic E-state index is 0.148. The van der Waals surface area contributed by atoms with Gasteiger partial charge in [-0.05, 0) is 14.0 Å². The van der Waals surface area contributed by atoms with Crippen molar-refractivity contribution in [1.82, 2.24) is 15.1 Å². The molecule has 1 aliphatic heterocycles. The molecular formula is C9H17N3O3. The number of nitrogens with one attached hydrogen (secondary N) is 1. The van der Waals surface area contributed by atoms with Crippen LogP contribution in [0.25, 0.3) is 0 Å². The molecule has 2 N–H and O–H groups in total. The molecule has 1 heterocycles. The van der Waals surface area contributed by atoms with Gasteiger partial charge < -0.3 is 20.2 Å². The number of hydrogen-bond donors (Lipinski definition) is 2. The molecule has 1 aliphatic rings. The fourth-order valence-corrected chi connectivity index (χ4v) is 1.55. The summed E-state index contributed by atoms with van der Waals surface area (Å²) >= 11 is 0. The summed E-state index contributed by atoms with van der Waals surface area (Å²) < 4.78 is 0. The van der Waals surface area contributed by atoms with E-state index in [0.29, 0.717) is 13.1 Å². The normalized spacial score (nSPS) is 19.7. The van der Waals surface area contributed by atoms with E-state index in [1.165, 1.54) is 0 Å². The second-order valence-corrected chi connectivity index (χ2v) is 3.80. The van der Waals surface area contributed by atoms with Crippen LogP contribution in [-0.2, 0) is 4.79 Å². The van der Waals surface area contributed by atoms with Gasteiger partial charge in [-0.1, -0.05) is 0 Å². The molecule has 0 aromatic rings. The van der Waals surface area contributed by atoms with Crippen LogP contribution >= 0.6 is 0 Å². The summed E-state index contributed by atoms with van der Waals surface area (Å²) in [6.07, 6.45) is -1.16. The molecule has 0 aromatic carbocycles. The standard InChI is InChI=1S/C9H17N3O3/c1-7(10-9(14)15)8(13)12-5-3-11(2)4-6-12/h7,10H,3-6H2,1-2H3,(H,14,15). The van der Waals surface area contributed by atoms with Gasteiger partial charge in [0.25, 0.3) is 0 Å². The van der Waals surface area contributed by atoms with E-state index in [9.17, 15) is 9.59 Å². The predicted octanol–water partition coefficient (Wildman–Crippen LogP) is -0.583. The fraction of sp³-hybridized carbons (Fsp3) is 0.778. The van der Waals surface area contributed by atoms with E-state index in [-0.39, 0.29) is 5.91 Å². The van der Waals surface area contributed by atoms with Crippen molar-refractivity contribution in [2.45, 2.75) is 13.0 Å². The molecule has 1 fully saturated rings. The SMILES string of the molecule is CC(NC(=O)O)C(=O)N1CCN(C)CC1. The predicted molar refractivity (Wildman–Crippen MR) is 54.7 cm³/mol. The van der Waals surface area contributed by atoms with Gasteiger partial charge in [0.05, 0.1) is 0 Å². The highest BCUT2D eigenvalue weighted by molar-refractivity contribution is 5.84. The monoisotopic (exact) mass is 215 g/mol. The molecule has 1 rings (SSSR count). The van der Waals surface area contributed by atoms with Gasteiger partial charge in [0.15, 0.2) is 0 Å². The van der Waals surface area contributed by atoms with Crippen molar-refractivity contribution in [1.29, 1.82) is 0 Å². The topological polar surface area (TPSA) is 72.9 Å². The molecule has 0 spiro atoms. The molecule has 2 amide bonds. The maximum Gasteiger partial charge on any atom is 0.405 e. The molecule has 0 radical (unpaired) electrons. The average molecular weight is 215 g/mol. The second-order valence-electron chi connectivity index (χ2n) is 3.80. The summed E-state index contributed by atoms with van der Waals surface area (Å²) in [5, 5.41) is 10.6. The van der Waals surface area contributed by atoms with Crippen LogP contribution < -0.4 is 5.32 Å². The number of rotatable bonds is 2. The lowest BCUT2D eigenvalue weighted by atomic mass is 10.2. The molecule has 15 heavy (non-hydrogen) atoms. The number of likely N-dealkylation sites (N-methyl/N-ethyl adjacent to an activating group) is 1. The van der Waals surface area contributed by atoms with E-state index in [1.54, 1.807) is 11.8 Å². The first-order valence-corrected chi connectivity index (χ1v) is 4.97. The van der Waals surface area contributed by atoms with Gasteiger partial charge in [0.1, 0.15) is 6.04 Å². The Morgan fingerprint density at radius 1 is 1.27 bits per heavy atom. The van der Waals surface area contributed by atoms with Crippen LogP contribution in [-0.4, -0.2) is 66.2 Å². The van der Waals surface area contributed by atoms with Crippen LogP contribution in [0, 0.1) is 0 Å². The van der Waals surface area contributed by atoms with Crippen molar-refractivity contribution in [3.8, 4) is 0 Å². The van der Waals surface area contributed by atoms with Crippen LogP contribution in [0.2, 0.25) is 0 Å². The first-order valence-electron chi connectivity index (χ1n) is 4.97. The summed E-state index contributed by atoms with van der Waals surface area (Å²) in [4.78, 5) is 25.9. The largest absolute Gasteiger partial charge is 0.465 e. The molecule has 1 unspecified atom stereocenters. The molecule has 86 valence electrons. The lowest BCUT2D eigenvalue weighted by molar-refractivity contribution is -0.134. The minimum atomic E-state index is -1.16. The van der Waals surface area contributed by atoms with Crippen LogP contribution in [0.5, 0.6) is 0 Å². The van der Waals surface area contributed by atoms with Gasteiger partial charge in [-0.15, -0.1) is 0 Å². The molecule has 6 nitrogen and oxygen atoms in total. The maximum absolute atomic E-state index is 11.7. The fourth-order valence-electron chi connectivity index (χ4n) is 1.55. The average Bonchev–Trinajstić information content (AvgIpc) is 2.17. The summed E-state index contributed by atoms with van der Waals surface area (Å²) in [6, 6.07) is -0.661. The van der Waals surface area contributed by atoms with Crippen molar-refractivity contribution in [3.63, 3.8) is 0 Å². The van der Waals surface area contributed by atoms with Gasteiger partial charge in [0, 0.05) is 26.2 Å². The Morgan fingerprint density at radius 2 is 1.80 bits per heavy atom. The lowest BCUT2D eigenvalue weighted by Gasteiger charge is -2.33. The zero-order valence-corrected chi connectivity index (χ0v) is 9.06. The Labute approximate surface area is 88.8 Å². The summed E-state index contributed by atoms with van der Waals surface area (Å²) in [5.74, 6) is -0.148. The Morgan fingerprint density at radius 3 is 2.27 bits per heavy atom. The third kappa shape index (κ3) is 3.39. The van der Waals surface area contributed by atoms with Crippen LogP contribution in [0.4, 0.5) is 4.79 Å². The van der Waals surface area contributed by atoms with E-state index < -0.39 is 12.1 Å². The maximum atomic E-state index is 11.7. The number of hydrogen-bond acceptors (Lipinski definition) is 3. The molecule has 0 bridgehead atoms. The van der Waals surface area contributed by atoms with Crippen molar-refractivity contribution in [3.05, 3.63) is 0 Å². The Balaban J connectivity index is 2.42. The van der Waals surface area contributed by atoms with Gasteiger partial charge >= 0.3 is 6.09 Å². The van der Waals surface area contributed by atoms with Gasteiger partial charge in [-0.2, -0.15) is 0 Å². The van der Waals surface area contributed by atoms with Gasteiger partial charge in [-0.25, -0.2) is 4.79 Å². The summed E-state index contributed by atoms with van der Waals surface area (Å²) in [6.45, 7) is 4.58. The number of carbonyl (C=O) groups excluding carboxylic acids is 1. The zero-order chi connectivity index (χ0) is 11.4. The smallest absolute Gasteiger partial charge is 0.405 e. The molecule has 6 heteroatoms. The number of nitrogens with zero attached hydrogens (tertiary/aromatic N) is 2. The molecule has 0 aliphatic carbocycles. The summed E-state index contributed by atoms with van der Waals surface area (Å²) in [7, 11) is 2.00. The van der Waals surface area contributed by atoms with Crippen molar-refractivity contribution in [2.75, 3.05) is 33.2 Å². The van der Waals surface area contributed by atoms with Crippen molar-refractivity contribution >= 4 is 12.0 Å². The van der Waals surface area contributed by atoms with E-state index in [0.717, 1.165) is 13.1 Å². The number of amides is 2. The van der Waals surface area contributed by atoms with Crippen LogP contribution in [0.15, 0.2) is 0 Å². The Kier molecular flexibility index (Phi) is 3.90. The first kappa shape index (κ1) is 11.8. The zero-order valence-electron chi connectivity index (χ0n) is 9.06. The van der Waals surface area contributed by atoms with E-state index >= 15 is 0 Å². The van der Waals surface area contributed by atoms with Gasteiger partial charge in [0.2, 0.25) is 5.91 Å². The van der Waals surface area contributed by atoms with Gasteiger partial charge in [-0.3, -0.25) is 4.79 Å². The third-order valence-corrected chi connectivity index (χ3v) is 2.53. The molecule has 0 aromatic heterocycles. The molecule has 0 saturated carbocycles. The highest BCUT2D eigenvalue weighted by Gasteiger charge is 2.24. The lowest BCUT2D eigenvalue weighted by Crippen LogP contribution is -2.53. The second kappa shape index (κ2) is 4.97. The third-order valence-electron chi connectivity index (χ3n) is 2.53. The van der Waals surface area contributed by atoms with Crippen LogP contribution in [0.1, 0.15) is 6.92 Å². The number of carbonyl (C=O) groups is 2. The Hall–Kier alpha value is -1.30. The number of carboxylic acid groups (broad SMARTS) is 1. The van der Waals surface area contributed by atoms with E-state index in [1.807, 2.05) is 7.05 Å². The van der Waals surface area contributed by atoms with Crippen molar-refractivity contribution < 1.29 is 14.7 Å². The molecular weight excluding hydrogens is 198 g/mol. The minimum Gasteiger partial charge on any atom is -0.465 e. The van der Waals surface area contributed by atoms with Crippen LogP contribution in [0.3, 0.4) is 0 Å². The molecule has 1 saturated heterocycles. The van der Waals surface area contributed by atoms with Crippen molar-refractivity contribution in [2.24, 2.45) is 0 Å². The van der Waals surface area contributed by atoms with E-state index in [4.69, 9.17) is 5.11 Å². The highest BCUT2D eigenvalue weighted by Crippen LogP contribution is 2.01. The van der Waals surface area contributed by atoms with E-state index in [2.05, 4.69) is 10.2 Å². The molecule has 1 atom stereocenters. The first-order chi connectivity index (χ1) is 7.00.